The lowest BCUT2D eigenvalue weighted by atomic mass is 10.0. The number of hydrogen-bond acceptors (Lipinski definition) is 4. The summed E-state index contributed by atoms with van der Waals surface area (Å²) in [5.41, 5.74) is 2.89. The Morgan fingerprint density at radius 2 is 1.42 bits per heavy atom. The smallest absolute Gasteiger partial charge is 0.264 e. The third-order valence-corrected chi connectivity index (χ3v) is 9.06. The van der Waals surface area contributed by atoms with E-state index in [0.717, 1.165) is 27.4 Å². The number of benzene rings is 4. The molecule has 1 N–H and O–H groups in total. The number of amides is 2. The number of nitrogens with zero attached hydrogens (tertiary/aromatic N) is 2. The summed E-state index contributed by atoms with van der Waals surface area (Å²) < 4.78 is 29.1. The third-order valence-electron chi connectivity index (χ3n) is 7.02. The molecule has 1 unspecified atom stereocenters. The fraction of sp³-hybridized carbons (Fsp3) is 0.235. The van der Waals surface area contributed by atoms with Crippen molar-refractivity contribution in [3.8, 4) is 0 Å². The van der Waals surface area contributed by atoms with Gasteiger partial charge in [-0.15, -0.1) is 0 Å². The van der Waals surface area contributed by atoms with Crippen LogP contribution in [0.5, 0.6) is 0 Å². The molecular weight excluding hydrogens is 582 g/mol. The van der Waals surface area contributed by atoms with Crippen LogP contribution in [0.2, 0.25) is 5.02 Å². The molecule has 0 aliphatic rings. The molecule has 0 saturated carbocycles. The molecule has 9 heteroatoms. The van der Waals surface area contributed by atoms with Gasteiger partial charge in [-0.1, -0.05) is 96.9 Å². The number of carbonyl (C=O) groups excluding carboxylic acids is 2. The highest BCUT2D eigenvalue weighted by molar-refractivity contribution is 7.92. The minimum Gasteiger partial charge on any atom is -0.354 e. The van der Waals surface area contributed by atoms with Crippen LogP contribution in [0.4, 0.5) is 5.69 Å². The quantitative estimate of drug-likeness (QED) is 0.199. The van der Waals surface area contributed by atoms with E-state index in [1.165, 1.54) is 17.0 Å². The van der Waals surface area contributed by atoms with E-state index in [9.17, 15) is 18.0 Å². The molecule has 1 atom stereocenters. The van der Waals surface area contributed by atoms with Gasteiger partial charge in [-0.3, -0.25) is 13.9 Å². The fourth-order valence-electron chi connectivity index (χ4n) is 4.67. The van der Waals surface area contributed by atoms with Gasteiger partial charge in [-0.25, -0.2) is 8.42 Å². The molecule has 0 radical (unpaired) electrons. The first kappa shape index (κ1) is 31.8. The van der Waals surface area contributed by atoms with E-state index < -0.39 is 28.5 Å². The van der Waals surface area contributed by atoms with Crippen molar-refractivity contribution in [2.24, 2.45) is 0 Å². The Bertz CT molecular complexity index is 1600. The molecule has 0 fully saturated rings. The van der Waals surface area contributed by atoms with E-state index in [4.69, 9.17) is 11.6 Å². The number of aryl methyl sites for hydroxylation is 1. The predicted molar refractivity (Wildman–Crippen MR) is 171 cm³/mol. The molecule has 4 aromatic rings. The standard InChI is InChI=1S/C34H36ClN3O4S/c1-3-22-36-34(40)32(23-27-10-6-4-7-11-27)37(24-28-16-18-29(35)19-17-28)33(39)25-38(30-12-8-5-9-13-30)43(41,42)31-20-14-26(2)15-21-31/h4-21,32H,3,22-25H2,1-2H3,(H,36,40). The number of hydrogen-bond donors (Lipinski definition) is 1. The third kappa shape index (κ3) is 8.46. The highest BCUT2D eigenvalue weighted by Gasteiger charge is 2.34. The van der Waals surface area contributed by atoms with Crippen molar-refractivity contribution in [1.29, 1.82) is 0 Å². The normalized spacial score (nSPS) is 11.9. The van der Waals surface area contributed by atoms with Crippen molar-refractivity contribution in [1.82, 2.24) is 10.2 Å². The zero-order valence-corrected chi connectivity index (χ0v) is 25.9. The van der Waals surface area contributed by atoms with Gasteiger partial charge in [0.2, 0.25) is 11.8 Å². The fourth-order valence-corrected chi connectivity index (χ4v) is 6.21. The minimum absolute atomic E-state index is 0.0699. The maximum absolute atomic E-state index is 14.4. The number of rotatable bonds is 13. The van der Waals surface area contributed by atoms with Crippen LogP contribution >= 0.6 is 11.6 Å². The molecule has 0 aromatic heterocycles. The van der Waals surface area contributed by atoms with Crippen LogP contribution in [-0.4, -0.2) is 44.3 Å². The van der Waals surface area contributed by atoms with Crippen LogP contribution in [0, 0.1) is 6.92 Å². The SMILES string of the molecule is CCCNC(=O)C(Cc1ccccc1)N(Cc1ccc(Cl)cc1)C(=O)CN(c1ccccc1)S(=O)(=O)c1ccc(C)cc1. The van der Waals surface area contributed by atoms with E-state index >= 15 is 0 Å². The van der Waals surface area contributed by atoms with Crippen molar-refractivity contribution >= 4 is 39.1 Å². The summed E-state index contributed by atoms with van der Waals surface area (Å²) in [7, 11) is -4.13. The van der Waals surface area contributed by atoms with Gasteiger partial charge in [-0.2, -0.15) is 0 Å². The van der Waals surface area contributed by atoms with Gasteiger partial charge in [-0.05, 0) is 60.9 Å². The van der Waals surface area contributed by atoms with Gasteiger partial charge in [0.1, 0.15) is 12.6 Å². The van der Waals surface area contributed by atoms with Gasteiger partial charge in [0, 0.05) is 24.5 Å². The lowest BCUT2D eigenvalue weighted by Crippen LogP contribution is -2.53. The van der Waals surface area contributed by atoms with Crippen LogP contribution in [0.1, 0.15) is 30.0 Å². The number of anilines is 1. The molecule has 0 spiro atoms. The van der Waals surface area contributed by atoms with E-state index in [-0.39, 0.29) is 23.8 Å². The van der Waals surface area contributed by atoms with Crippen molar-refractivity contribution in [3.05, 3.63) is 131 Å². The monoisotopic (exact) mass is 617 g/mol. The second-order valence-corrected chi connectivity index (χ2v) is 12.6. The minimum atomic E-state index is -4.13. The molecule has 7 nitrogen and oxygen atoms in total. The molecule has 0 bridgehead atoms. The molecule has 0 aliphatic heterocycles. The molecule has 0 heterocycles. The Balaban J connectivity index is 1.77. The maximum atomic E-state index is 14.4. The van der Waals surface area contributed by atoms with Crippen LogP contribution in [-0.2, 0) is 32.6 Å². The number of carbonyl (C=O) groups is 2. The number of para-hydroxylation sites is 1. The largest absolute Gasteiger partial charge is 0.354 e. The van der Waals surface area contributed by atoms with Gasteiger partial charge in [0.05, 0.1) is 10.6 Å². The second kappa shape index (κ2) is 14.8. The van der Waals surface area contributed by atoms with Gasteiger partial charge in [0.25, 0.3) is 10.0 Å². The summed E-state index contributed by atoms with van der Waals surface area (Å²) in [6, 6.07) is 30.6. The molecule has 0 aliphatic carbocycles. The number of sulfonamides is 1. The van der Waals surface area contributed by atoms with Gasteiger partial charge < -0.3 is 10.2 Å². The molecule has 4 aromatic carbocycles. The second-order valence-electron chi connectivity index (χ2n) is 10.3. The number of nitrogens with one attached hydrogen (secondary N) is 1. The van der Waals surface area contributed by atoms with Gasteiger partial charge >= 0.3 is 0 Å². The molecule has 0 saturated heterocycles. The van der Waals surface area contributed by atoms with Crippen LogP contribution < -0.4 is 9.62 Å². The van der Waals surface area contributed by atoms with Gasteiger partial charge in [0.15, 0.2) is 0 Å². The number of halogens is 1. The van der Waals surface area contributed by atoms with Crippen LogP contribution in [0.25, 0.3) is 0 Å². The Labute approximate surface area is 259 Å². The highest BCUT2D eigenvalue weighted by Crippen LogP contribution is 2.25. The van der Waals surface area contributed by atoms with Crippen LogP contribution in [0.3, 0.4) is 0 Å². The molecule has 224 valence electrons. The van der Waals surface area contributed by atoms with Crippen molar-refractivity contribution in [3.63, 3.8) is 0 Å². The first-order valence-corrected chi connectivity index (χ1v) is 16.0. The van der Waals surface area contributed by atoms with Crippen LogP contribution in [0.15, 0.2) is 114 Å². The highest BCUT2D eigenvalue weighted by atomic mass is 35.5. The van der Waals surface area contributed by atoms with Crippen molar-refractivity contribution in [2.45, 2.75) is 44.2 Å². The Morgan fingerprint density at radius 3 is 2.02 bits per heavy atom. The Hall–Kier alpha value is -4.14. The average Bonchev–Trinajstić information content (AvgIpc) is 3.02. The Kier molecular flexibility index (Phi) is 11.0. The average molecular weight is 618 g/mol. The topological polar surface area (TPSA) is 86.8 Å². The van der Waals surface area contributed by atoms with E-state index in [1.807, 2.05) is 44.2 Å². The van der Waals surface area contributed by atoms with Crippen molar-refractivity contribution < 1.29 is 18.0 Å². The molecule has 2 amide bonds. The summed E-state index contributed by atoms with van der Waals surface area (Å²) in [6.07, 6.45) is 0.983. The zero-order valence-electron chi connectivity index (χ0n) is 24.3. The maximum Gasteiger partial charge on any atom is 0.264 e. The molecule has 43 heavy (non-hydrogen) atoms. The summed E-state index contributed by atoms with van der Waals surface area (Å²) in [5, 5.41) is 3.49. The predicted octanol–water partition coefficient (Wildman–Crippen LogP) is 6.01. The summed E-state index contributed by atoms with van der Waals surface area (Å²) in [4.78, 5) is 29.5. The molecule has 4 rings (SSSR count). The first-order valence-electron chi connectivity index (χ1n) is 14.2. The lowest BCUT2D eigenvalue weighted by molar-refractivity contribution is -0.140. The lowest BCUT2D eigenvalue weighted by Gasteiger charge is -2.34. The van der Waals surface area contributed by atoms with E-state index in [0.29, 0.717) is 17.3 Å². The summed E-state index contributed by atoms with van der Waals surface area (Å²) in [5.74, 6) is -0.817. The van der Waals surface area contributed by atoms with E-state index in [1.54, 1.807) is 66.7 Å². The summed E-state index contributed by atoms with van der Waals surface area (Å²) >= 11 is 6.13. The van der Waals surface area contributed by atoms with Crippen molar-refractivity contribution in [2.75, 3.05) is 17.4 Å². The zero-order chi connectivity index (χ0) is 30.8. The molecular formula is C34H36ClN3O4S. The first-order chi connectivity index (χ1) is 20.7. The summed E-state index contributed by atoms with van der Waals surface area (Å²) in [6.45, 7) is 3.86. The Morgan fingerprint density at radius 1 is 0.814 bits per heavy atom. The van der Waals surface area contributed by atoms with E-state index in [2.05, 4.69) is 5.32 Å².